The Bertz CT molecular complexity index is 1080. The van der Waals surface area contributed by atoms with Gasteiger partial charge in [-0.25, -0.2) is 0 Å². The summed E-state index contributed by atoms with van der Waals surface area (Å²) in [4.78, 5) is 0. The van der Waals surface area contributed by atoms with Gasteiger partial charge in [-0.05, 0) is 57.5 Å². The summed E-state index contributed by atoms with van der Waals surface area (Å²) in [5.41, 5.74) is 2.48. The lowest BCUT2D eigenvalue weighted by Crippen LogP contribution is -2.15. The molecule has 2 heterocycles. The minimum absolute atomic E-state index is 0.626. The van der Waals surface area contributed by atoms with E-state index in [0.29, 0.717) is 19.8 Å². The molecule has 152 valence electrons. The maximum atomic E-state index is 5.95. The van der Waals surface area contributed by atoms with Crippen LogP contribution in [0, 0.1) is 6.92 Å². The zero-order valence-electron chi connectivity index (χ0n) is 16.9. The number of nitrogens with zero attached hydrogens (tertiary/aromatic N) is 1. The van der Waals surface area contributed by atoms with Gasteiger partial charge in [-0.1, -0.05) is 17.3 Å². The summed E-state index contributed by atoms with van der Waals surface area (Å²) in [6.07, 6.45) is 1.99. The number of hydrogen-bond donors (Lipinski definition) is 1. The molecule has 1 N–H and O–H groups in total. The van der Waals surface area contributed by atoms with Crippen LogP contribution >= 0.6 is 0 Å². The van der Waals surface area contributed by atoms with E-state index in [1.54, 1.807) is 0 Å². The third-order valence-corrected chi connectivity index (χ3v) is 4.80. The SMILES string of the molecule is CCOc1cccc2cc(CNCCCCOc3ccc4c(C)noc4c3)oc12. The smallest absolute Gasteiger partial charge is 0.176 e. The highest BCUT2D eigenvalue weighted by Gasteiger charge is 2.09. The highest BCUT2D eigenvalue weighted by atomic mass is 16.5. The number of rotatable bonds is 10. The van der Waals surface area contributed by atoms with Gasteiger partial charge in [0.05, 0.1) is 25.5 Å². The van der Waals surface area contributed by atoms with Crippen LogP contribution in [-0.4, -0.2) is 24.9 Å². The van der Waals surface area contributed by atoms with Gasteiger partial charge in [0.2, 0.25) is 0 Å². The molecule has 0 atom stereocenters. The van der Waals surface area contributed by atoms with Crippen LogP contribution in [0.4, 0.5) is 0 Å². The third kappa shape index (κ3) is 4.54. The molecule has 2 aromatic carbocycles. The first-order valence-corrected chi connectivity index (χ1v) is 10.1. The molecule has 0 bridgehead atoms. The molecule has 2 aromatic heterocycles. The molecule has 0 amide bonds. The van der Waals surface area contributed by atoms with Gasteiger partial charge in [0.15, 0.2) is 16.9 Å². The van der Waals surface area contributed by atoms with Gasteiger partial charge in [0.1, 0.15) is 11.5 Å². The minimum atomic E-state index is 0.626. The Labute approximate surface area is 169 Å². The van der Waals surface area contributed by atoms with Gasteiger partial charge in [0.25, 0.3) is 0 Å². The Morgan fingerprint density at radius 2 is 2.00 bits per heavy atom. The van der Waals surface area contributed by atoms with Crippen LogP contribution < -0.4 is 14.8 Å². The van der Waals surface area contributed by atoms with Crippen LogP contribution in [0.25, 0.3) is 21.9 Å². The van der Waals surface area contributed by atoms with Crippen LogP contribution in [-0.2, 0) is 6.54 Å². The van der Waals surface area contributed by atoms with Crippen molar-refractivity contribution in [2.45, 2.75) is 33.2 Å². The van der Waals surface area contributed by atoms with E-state index in [2.05, 4.69) is 16.5 Å². The number of fused-ring (bicyclic) bond motifs is 2. The van der Waals surface area contributed by atoms with Crippen LogP contribution in [0.2, 0.25) is 0 Å². The first-order chi connectivity index (χ1) is 14.2. The lowest BCUT2D eigenvalue weighted by Gasteiger charge is -2.06. The van der Waals surface area contributed by atoms with Crippen molar-refractivity contribution >= 4 is 21.9 Å². The number of furan rings is 1. The van der Waals surface area contributed by atoms with Crippen molar-refractivity contribution < 1.29 is 18.4 Å². The summed E-state index contributed by atoms with van der Waals surface area (Å²) >= 11 is 0. The molecule has 6 heteroatoms. The van der Waals surface area contributed by atoms with Crippen molar-refractivity contribution in [1.82, 2.24) is 10.5 Å². The van der Waals surface area contributed by atoms with Crippen molar-refractivity contribution in [3.05, 3.63) is 53.9 Å². The third-order valence-electron chi connectivity index (χ3n) is 4.80. The molecule has 0 saturated carbocycles. The highest BCUT2D eigenvalue weighted by Crippen LogP contribution is 2.28. The number of benzene rings is 2. The Balaban J connectivity index is 1.18. The van der Waals surface area contributed by atoms with E-state index in [0.717, 1.165) is 64.3 Å². The van der Waals surface area contributed by atoms with E-state index in [-0.39, 0.29) is 0 Å². The first-order valence-electron chi connectivity index (χ1n) is 10.1. The molecule has 0 radical (unpaired) electrons. The fourth-order valence-corrected chi connectivity index (χ4v) is 3.33. The zero-order valence-corrected chi connectivity index (χ0v) is 16.9. The summed E-state index contributed by atoms with van der Waals surface area (Å²) in [5, 5.41) is 9.49. The van der Waals surface area contributed by atoms with Crippen molar-refractivity contribution in [3.8, 4) is 11.5 Å². The fourth-order valence-electron chi connectivity index (χ4n) is 3.33. The predicted molar refractivity (Wildman–Crippen MR) is 113 cm³/mol. The standard InChI is InChI=1S/C23H26N2O4/c1-3-26-21-8-6-7-17-13-19(28-23(17)21)15-24-11-4-5-12-27-18-9-10-20-16(2)25-29-22(20)14-18/h6-10,13-14,24H,3-5,11-12,15H2,1-2H3. The maximum Gasteiger partial charge on any atom is 0.176 e. The lowest BCUT2D eigenvalue weighted by atomic mass is 10.2. The molecular formula is C23H26N2O4. The number of hydrogen-bond acceptors (Lipinski definition) is 6. The summed E-state index contributed by atoms with van der Waals surface area (Å²) in [5.74, 6) is 2.53. The van der Waals surface area contributed by atoms with E-state index < -0.39 is 0 Å². The maximum absolute atomic E-state index is 5.95. The summed E-state index contributed by atoms with van der Waals surface area (Å²) in [7, 11) is 0. The Hall–Kier alpha value is -2.99. The van der Waals surface area contributed by atoms with Gasteiger partial charge in [-0.3, -0.25) is 0 Å². The Morgan fingerprint density at radius 1 is 1.07 bits per heavy atom. The van der Waals surface area contributed by atoms with Gasteiger partial charge in [-0.2, -0.15) is 0 Å². The second kappa shape index (κ2) is 9.01. The van der Waals surface area contributed by atoms with Crippen molar-refractivity contribution in [3.63, 3.8) is 0 Å². The topological polar surface area (TPSA) is 69.7 Å². The van der Waals surface area contributed by atoms with Gasteiger partial charge in [0, 0.05) is 16.8 Å². The fraction of sp³-hybridized carbons (Fsp3) is 0.348. The van der Waals surface area contributed by atoms with Crippen molar-refractivity contribution in [1.29, 1.82) is 0 Å². The molecule has 0 unspecified atom stereocenters. The monoisotopic (exact) mass is 394 g/mol. The van der Waals surface area contributed by atoms with E-state index in [1.807, 2.05) is 50.2 Å². The number of ether oxygens (including phenoxy) is 2. The largest absolute Gasteiger partial charge is 0.493 e. The van der Waals surface area contributed by atoms with Crippen LogP contribution in [0.3, 0.4) is 0 Å². The highest BCUT2D eigenvalue weighted by molar-refractivity contribution is 5.83. The molecule has 29 heavy (non-hydrogen) atoms. The number of para-hydroxylation sites is 1. The molecule has 0 aliphatic carbocycles. The van der Waals surface area contributed by atoms with E-state index >= 15 is 0 Å². The Kier molecular flexibility index (Phi) is 6.00. The number of nitrogens with one attached hydrogen (secondary N) is 1. The van der Waals surface area contributed by atoms with Gasteiger partial charge < -0.3 is 23.7 Å². The summed E-state index contributed by atoms with van der Waals surface area (Å²) < 4.78 is 22.7. The number of unbranched alkanes of at least 4 members (excludes halogenated alkanes) is 1. The predicted octanol–water partition coefficient (Wildman–Crippen LogP) is 5.23. The van der Waals surface area contributed by atoms with Crippen molar-refractivity contribution in [2.75, 3.05) is 19.8 Å². The second-order valence-corrected chi connectivity index (χ2v) is 6.98. The molecule has 0 aliphatic heterocycles. The normalized spacial score (nSPS) is 11.4. The molecule has 6 nitrogen and oxygen atoms in total. The van der Waals surface area contributed by atoms with E-state index in [1.165, 1.54) is 0 Å². The molecule has 0 saturated heterocycles. The number of aryl methyl sites for hydroxylation is 1. The average Bonchev–Trinajstić information content (AvgIpc) is 3.31. The summed E-state index contributed by atoms with van der Waals surface area (Å²) in [6.45, 7) is 6.80. The van der Waals surface area contributed by atoms with Crippen LogP contribution in [0.5, 0.6) is 11.5 Å². The molecule has 4 rings (SSSR count). The number of aromatic nitrogens is 1. The van der Waals surface area contributed by atoms with E-state index in [4.69, 9.17) is 18.4 Å². The molecule has 0 fully saturated rings. The minimum Gasteiger partial charge on any atom is -0.493 e. The van der Waals surface area contributed by atoms with Gasteiger partial charge in [-0.15, -0.1) is 0 Å². The molecule has 0 aliphatic rings. The van der Waals surface area contributed by atoms with Crippen LogP contribution in [0.15, 0.2) is 51.4 Å². The van der Waals surface area contributed by atoms with Crippen LogP contribution in [0.1, 0.15) is 31.2 Å². The van der Waals surface area contributed by atoms with E-state index in [9.17, 15) is 0 Å². The Morgan fingerprint density at radius 3 is 2.90 bits per heavy atom. The zero-order chi connectivity index (χ0) is 20.1. The summed E-state index contributed by atoms with van der Waals surface area (Å²) in [6, 6.07) is 13.9. The van der Waals surface area contributed by atoms with Crippen molar-refractivity contribution in [2.24, 2.45) is 0 Å². The molecule has 4 aromatic rings. The average molecular weight is 394 g/mol. The van der Waals surface area contributed by atoms with Gasteiger partial charge >= 0.3 is 0 Å². The lowest BCUT2D eigenvalue weighted by molar-refractivity contribution is 0.305. The first kappa shape index (κ1) is 19.3. The molecular weight excluding hydrogens is 368 g/mol. The quantitative estimate of drug-likeness (QED) is 0.371. The molecule has 0 spiro atoms. The second-order valence-electron chi connectivity index (χ2n) is 6.98.